The highest BCUT2D eigenvalue weighted by molar-refractivity contribution is 9.11. The van der Waals surface area contributed by atoms with Gasteiger partial charge in [-0.3, -0.25) is 0 Å². The number of nitrogens with zero attached hydrogens (tertiary/aromatic N) is 4. The first-order valence-corrected chi connectivity index (χ1v) is 7.44. The number of nitrogens with two attached hydrogens (primary N) is 1. The molecular formula is C13H8Br2FN5. The van der Waals surface area contributed by atoms with Gasteiger partial charge < -0.3 is 5.73 Å². The van der Waals surface area contributed by atoms with E-state index in [1.54, 1.807) is 0 Å². The molecule has 0 aliphatic heterocycles. The lowest BCUT2D eigenvalue weighted by molar-refractivity contribution is 0.628. The first kappa shape index (κ1) is 14.2. The Balaban J connectivity index is 2.22. The average Bonchev–Trinajstić information content (AvgIpc) is 2.93. The van der Waals surface area contributed by atoms with Crippen molar-refractivity contribution in [1.29, 1.82) is 0 Å². The number of anilines is 1. The van der Waals surface area contributed by atoms with E-state index in [2.05, 4.69) is 47.4 Å². The van der Waals surface area contributed by atoms with Crippen LogP contribution in [0.2, 0.25) is 0 Å². The van der Waals surface area contributed by atoms with Gasteiger partial charge in [-0.1, -0.05) is 15.9 Å². The number of benzene rings is 2. The van der Waals surface area contributed by atoms with Gasteiger partial charge in [0.1, 0.15) is 5.82 Å². The van der Waals surface area contributed by atoms with E-state index in [9.17, 15) is 4.39 Å². The SMILES string of the molecule is Nc1ccc(F)cc1-c1nnnn1-c1cc(Br)ccc1Br. The van der Waals surface area contributed by atoms with E-state index >= 15 is 0 Å². The van der Waals surface area contributed by atoms with Gasteiger partial charge in [0.15, 0.2) is 5.82 Å². The lowest BCUT2D eigenvalue weighted by atomic mass is 10.1. The maximum absolute atomic E-state index is 13.5. The quantitative estimate of drug-likeness (QED) is 0.653. The van der Waals surface area contributed by atoms with Gasteiger partial charge in [-0.15, -0.1) is 5.10 Å². The fourth-order valence-electron chi connectivity index (χ4n) is 1.89. The predicted octanol–water partition coefficient (Wildman–Crippen LogP) is 3.58. The van der Waals surface area contributed by atoms with E-state index in [-0.39, 0.29) is 0 Å². The Morgan fingerprint density at radius 2 is 1.90 bits per heavy atom. The van der Waals surface area contributed by atoms with E-state index in [0.29, 0.717) is 22.8 Å². The van der Waals surface area contributed by atoms with Crippen LogP contribution < -0.4 is 5.73 Å². The molecular weight excluding hydrogens is 405 g/mol. The highest BCUT2D eigenvalue weighted by atomic mass is 79.9. The highest BCUT2D eigenvalue weighted by Gasteiger charge is 2.16. The van der Waals surface area contributed by atoms with E-state index in [0.717, 1.165) is 8.95 Å². The lowest BCUT2D eigenvalue weighted by Gasteiger charge is -2.09. The van der Waals surface area contributed by atoms with E-state index in [4.69, 9.17) is 5.73 Å². The van der Waals surface area contributed by atoms with Gasteiger partial charge in [0, 0.05) is 20.2 Å². The van der Waals surface area contributed by atoms with Crippen molar-refractivity contribution >= 4 is 37.5 Å². The van der Waals surface area contributed by atoms with Gasteiger partial charge in [0.2, 0.25) is 0 Å². The fraction of sp³-hybridized carbons (Fsp3) is 0. The summed E-state index contributed by atoms with van der Waals surface area (Å²) in [6, 6.07) is 9.68. The summed E-state index contributed by atoms with van der Waals surface area (Å²) in [5.74, 6) is -0.0344. The van der Waals surface area contributed by atoms with Crippen molar-refractivity contribution in [2.45, 2.75) is 0 Å². The van der Waals surface area contributed by atoms with Crippen LogP contribution in [0.5, 0.6) is 0 Å². The zero-order valence-corrected chi connectivity index (χ0v) is 13.6. The molecule has 3 aromatic rings. The molecule has 0 fully saturated rings. The Bertz CT molecular complexity index is 752. The normalized spacial score (nSPS) is 10.8. The number of tetrazole rings is 1. The van der Waals surface area contributed by atoms with Crippen LogP contribution in [0.15, 0.2) is 45.3 Å². The second-order valence-corrected chi connectivity index (χ2v) is 6.01. The monoisotopic (exact) mass is 411 g/mol. The minimum atomic E-state index is -0.401. The largest absolute Gasteiger partial charge is 0.398 e. The maximum atomic E-state index is 13.5. The molecule has 5 nitrogen and oxygen atoms in total. The Labute approximate surface area is 136 Å². The van der Waals surface area contributed by atoms with Crippen molar-refractivity contribution in [3.63, 3.8) is 0 Å². The zero-order valence-electron chi connectivity index (χ0n) is 10.5. The van der Waals surface area contributed by atoms with Gasteiger partial charge in [-0.25, -0.2) is 4.39 Å². The molecule has 0 radical (unpaired) electrons. The molecule has 2 aromatic carbocycles. The molecule has 3 rings (SSSR count). The molecule has 0 saturated carbocycles. The Hall–Kier alpha value is -1.80. The second kappa shape index (κ2) is 5.53. The van der Waals surface area contributed by atoms with Crippen LogP contribution in [0.3, 0.4) is 0 Å². The number of rotatable bonds is 2. The first-order valence-electron chi connectivity index (χ1n) is 5.85. The summed E-state index contributed by atoms with van der Waals surface area (Å²) in [5.41, 5.74) is 7.45. The molecule has 21 heavy (non-hydrogen) atoms. The number of hydrogen-bond acceptors (Lipinski definition) is 4. The third-order valence-electron chi connectivity index (χ3n) is 2.86. The molecule has 0 bridgehead atoms. The summed E-state index contributed by atoms with van der Waals surface area (Å²) in [4.78, 5) is 0. The van der Waals surface area contributed by atoms with Crippen LogP contribution in [0.1, 0.15) is 0 Å². The Kier molecular flexibility index (Phi) is 3.73. The summed E-state index contributed by atoms with van der Waals surface area (Å²) >= 11 is 6.85. The van der Waals surface area contributed by atoms with Crippen LogP contribution in [-0.4, -0.2) is 20.2 Å². The molecule has 0 aliphatic carbocycles. The van der Waals surface area contributed by atoms with E-state index in [1.807, 2.05) is 18.2 Å². The standard InChI is InChI=1S/C13H8Br2FN5/c14-7-1-3-10(15)12(5-7)21-13(18-19-20-21)9-6-8(16)2-4-11(9)17/h1-6H,17H2. The number of hydrogen-bond donors (Lipinski definition) is 1. The van der Waals surface area contributed by atoms with Crippen molar-refractivity contribution in [1.82, 2.24) is 20.2 Å². The Morgan fingerprint density at radius 3 is 2.71 bits per heavy atom. The molecule has 0 atom stereocenters. The van der Waals surface area contributed by atoms with E-state index in [1.165, 1.54) is 22.9 Å². The van der Waals surface area contributed by atoms with Crippen molar-refractivity contribution in [2.75, 3.05) is 5.73 Å². The minimum Gasteiger partial charge on any atom is -0.398 e. The topological polar surface area (TPSA) is 69.6 Å². The number of nitrogen functional groups attached to an aromatic ring is 1. The van der Waals surface area contributed by atoms with Crippen LogP contribution in [0.25, 0.3) is 17.1 Å². The van der Waals surface area contributed by atoms with Gasteiger partial charge >= 0.3 is 0 Å². The van der Waals surface area contributed by atoms with Crippen LogP contribution in [0, 0.1) is 5.82 Å². The van der Waals surface area contributed by atoms with Gasteiger partial charge in [0.05, 0.1) is 5.69 Å². The van der Waals surface area contributed by atoms with Crippen molar-refractivity contribution in [3.8, 4) is 17.1 Å². The van der Waals surface area contributed by atoms with Gasteiger partial charge in [-0.05, 0) is 62.8 Å². The van der Waals surface area contributed by atoms with Crippen molar-refractivity contribution in [3.05, 3.63) is 51.2 Å². The lowest BCUT2D eigenvalue weighted by Crippen LogP contribution is -2.03. The molecule has 0 amide bonds. The molecule has 1 heterocycles. The zero-order chi connectivity index (χ0) is 15.0. The molecule has 0 aliphatic rings. The summed E-state index contributed by atoms with van der Waals surface area (Å²) in [5, 5.41) is 11.6. The highest BCUT2D eigenvalue weighted by Crippen LogP contribution is 2.30. The predicted molar refractivity (Wildman–Crippen MR) is 84.4 cm³/mol. The van der Waals surface area contributed by atoms with Crippen LogP contribution in [0.4, 0.5) is 10.1 Å². The molecule has 1 aromatic heterocycles. The molecule has 0 saturated heterocycles. The number of halogens is 3. The Morgan fingerprint density at radius 1 is 1.10 bits per heavy atom. The molecule has 8 heteroatoms. The molecule has 0 unspecified atom stereocenters. The smallest absolute Gasteiger partial charge is 0.189 e. The minimum absolute atomic E-state index is 0.366. The van der Waals surface area contributed by atoms with Crippen LogP contribution >= 0.6 is 31.9 Å². The number of aromatic nitrogens is 4. The molecule has 2 N–H and O–H groups in total. The average molecular weight is 413 g/mol. The van der Waals surface area contributed by atoms with E-state index < -0.39 is 5.82 Å². The van der Waals surface area contributed by atoms with Crippen molar-refractivity contribution < 1.29 is 4.39 Å². The fourth-order valence-corrected chi connectivity index (χ4v) is 2.65. The summed E-state index contributed by atoms with van der Waals surface area (Å²) in [7, 11) is 0. The second-order valence-electron chi connectivity index (χ2n) is 4.24. The third kappa shape index (κ3) is 2.68. The van der Waals surface area contributed by atoms with Gasteiger partial charge in [-0.2, -0.15) is 4.68 Å². The van der Waals surface area contributed by atoms with Crippen molar-refractivity contribution in [2.24, 2.45) is 0 Å². The summed E-state index contributed by atoms with van der Waals surface area (Å²) in [6.07, 6.45) is 0. The third-order valence-corrected chi connectivity index (χ3v) is 4.03. The summed E-state index contributed by atoms with van der Waals surface area (Å²) in [6.45, 7) is 0. The van der Waals surface area contributed by atoms with Crippen LogP contribution in [-0.2, 0) is 0 Å². The first-order chi connectivity index (χ1) is 10.1. The van der Waals surface area contributed by atoms with Gasteiger partial charge in [0.25, 0.3) is 0 Å². The summed E-state index contributed by atoms with van der Waals surface area (Å²) < 4.78 is 16.6. The molecule has 0 spiro atoms. The maximum Gasteiger partial charge on any atom is 0.189 e. The molecule has 106 valence electrons.